The van der Waals surface area contributed by atoms with E-state index >= 15 is 0 Å². The zero-order valence-corrected chi connectivity index (χ0v) is 12.8. The van der Waals surface area contributed by atoms with Crippen molar-refractivity contribution in [3.8, 4) is 11.1 Å². The molecule has 0 amide bonds. The van der Waals surface area contributed by atoms with E-state index in [1.54, 1.807) is 11.8 Å². The van der Waals surface area contributed by atoms with Crippen molar-refractivity contribution in [1.29, 1.82) is 0 Å². The Morgan fingerprint density at radius 1 is 0.824 bits per heavy atom. The SMILES string of the molecule is CC.CSc1ccccc1-c1ccccc1Br. The standard InChI is InChI=1S/C13H11BrS.C2H6/c1-15-13-9-5-3-7-11(13)10-6-2-4-8-12(10)14;1-2/h2-9H,1H3;1-2H3. The molecule has 0 bridgehead atoms. The van der Waals surface area contributed by atoms with Crippen molar-refractivity contribution in [2.45, 2.75) is 18.7 Å². The first-order valence-electron chi connectivity index (χ1n) is 5.71. The third kappa shape index (κ3) is 3.62. The fraction of sp³-hybridized carbons (Fsp3) is 0.200. The Kier molecular flexibility index (Phi) is 6.38. The van der Waals surface area contributed by atoms with Gasteiger partial charge in [0.1, 0.15) is 0 Å². The molecule has 0 saturated carbocycles. The smallest absolute Gasteiger partial charge is 0.0254 e. The molecular formula is C15H17BrS. The third-order valence-electron chi connectivity index (χ3n) is 2.27. The minimum absolute atomic E-state index is 1.14. The Labute approximate surface area is 117 Å². The molecule has 0 aliphatic carbocycles. The second-order valence-corrected chi connectivity index (χ2v) is 4.88. The number of rotatable bonds is 2. The van der Waals surface area contributed by atoms with Crippen LogP contribution in [0.3, 0.4) is 0 Å². The maximum absolute atomic E-state index is 3.59. The Balaban J connectivity index is 0.000000686. The van der Waals surface area contributed by atoms with E-state index in [9.17, 15) is 0 Å². The van der Waals surface area contributed by atoms with E-state index in [0.29, 0.717) is 0 Å². The first-order chi connectivity index (χ1) is 8.33. The molecule has 0 atom stereocenters. The van der Waals surface area contributed by atoms with Crippen molar-refractivity contribution in [2.75, 3.05) is 6.26 Å². The lowest BCUT2D eigenvalue weighted by atomic mass is 10.1. The highest BCUT2D eigenvalue weighted by Gasteiger charge is 2.05. The largest absolute Gasteiger partial charge is 0.129 e. The Morgan fingerprint density at radius 3 is 1.94 bits per heavy atom. The molecule has 2 aromatic carbocycles. The Hall–Kier alpha value is -0.730. The van der Waals surface area contributed by atoms with Gasteiger partial charge in [-0.1, -0.05) is 66.2 Å². The predicted molar refractivity (Wildman–Crippen MR) is 82.7 cm³/mol. The van der Waals surface area contributed by atoms with Crippen LogP contribution < -0.4 is 0 Å². The van der Waals surface area contributed by atoms with Gasteiger partial charge >= 0.3 is 0 Å². The van der Waals surface area contributed by atoms with Crippen LogP contribution in [0, 0.1) is 0 Å². The summed E-state index contributed by atoms with van der Waals surface area (Å²) >= 11 is 5.37. The average Bonchev–Trinajstić information content (AvgIpc) is 2.41. The predicted octanol–water partition coefficient (Wildman–Crippen LogP) is 5.86. The molecule has 2 rings (SSSR count). The maximum atomic E-state index is 3.59. The lowest BCUT2D eigenvalue weighted by molar-refractivity contribution is 1.44. The molecule has 0 nitrogen and oxygen atoms in total. The maximum Gasteiger partial charge on any atom is 0.0254 e. The molecule has 0 aliphatic rings. The van der Waals surface area contributed by atoms with Crippen LogP contribution in [0.1, 0.15) is 13.8 Å². The molecule has 0 N–H and O–H groups in total. The van der Waals surface area contributed by atoms with Crippen molar-refractivity contribution < 1.29 is 0 Å². The van der Waals surface area contributed by atoms with E-state index in [1.165, 1.54) is 16.0 Å². The molecule has 0 unspecified atom stereocenters. The van der Waals surface area contributed by atoms with Gasteiger partial charge in [-0.15, -0.1) is 11.8 Å². The number of hydrogen-bond donors (Lipinski definition) is 0. The van der Waals surface area contributed by atoms with Crippen molar-refractivity contribution in [2.24, 2.45) is 0 Å². The van der Waals surface area contributed by atoms with Crippen LogP contribution in [0.2, 0.25) is 0 Å². The van der Waals surface area contributed by atoms with Crippen molar-refractivity contribution in [1.82, 2.24) is 0 Å². The van der Waals surface area contributed by atoms with Crippen LogP contribution in [0.5, 0.6) is 0 Å². The molecule has 0 aromatic heterocycles. The van der Waals surface area contributed by atoms with Crippen molar-refractivity contribution >= 4 is 27.7 Å². The number of benzene rings is 2. The molecule has 17 heavy (non-hydrogen) atoms. The summed E-state index contributed by atoms with van der Waals surface area (Å²) in [5.74, 6) is 0. The monoisotopic (exact) mass is 308 g/mol. The zero-order chi connectivity index (χ0) is 12.7. The van der Waals surface area contributed by atoms with E-state index < -0.39 is 0 Å². The van der Waals surface area contributed by atoms with Crippen molar-refractivity contribution in [3.63, 3.8) is 0 Å². The molecule has 90 valence electrons. The first kappa shape index (κ1) is 14.3. The van der Waals surface area contributed by atoms with Gasteiger partial charge in [-0.3, -0.25) is 0 Å². The highest BCUT2D eigenvalue weighted by molar-refractivity contribution is 9.10. The van der Waals surface area contributed by atoms with Gasteiger partial charge in [-0.25, -0.2) is 0 Å². The van der Waals surface area contributed by atoms with E-state index in [1.807, 2.05) is 19.9 Å². The molecule has 0 spiro atoms. The number of hydrogen-bond acceptors (Lipinski definition) is 1. The highest BCUT2D eigenvalue weighted by Crippen LogP contribution is 2.34. The summed E-state index contributed by atoms with van der Waals surface area (Å²) in [5, 5.41) is 0. The normalized spacial score (nSPS) is 9.41. The summed E-state index contributed by atoms with van der Waals surface area (Å²) in [6, 6.07) is 16.8. The van der Waals surface area contributed by atoms with Crippen LogP contribution >= 0.6 is 27.7 Å². The second-order valence-electron chi connectivity index (χ2n) is 3.18. The van der Waals surface area contributed by atoms with Gasteiger partial charge in [-0.05, 0) is 29.5 Å². The van der Waals surface area contributed by atoms with Gasteiger partial charge in [-0.2, -0.15) is 0 Å². The summed E-state index contributed by atoms with van der Waals surface area (Å²) < 4.78 is 1.14. The Morgan fingerprint density at radius 2 is 1.35 bits per heavy atom. The molecule has 0 radical (unpaired) electrons. The van der Waals surface area contributed by atoms with E-state index in [4.69, 9.17) is 0 Å². The quantitative estimate of drug-likeness (QED) is 0.626. The first-order valence-corrected chi connectivity index (χ1v) is 7.72. The van der Waals surface area contributed by atoms with Crippen LogP contribution in [0.25, 0.3) is 11.1 Å². The van der Waals surface area contributed by atoms with E-state index in [2.05, 4.69) is 64.7 Å². The average molecular weight is 309 g/mol. The molecule has 2 heteroatoms. The van der Waals surface area contributed by atoms with Crippen LogP contribution in [0.4, 0.5) is 0 Å². The third-order valence-corrected chi connectivity index (χ3v) is 3.76. The van der Waals surface area contributed by atoms with E-state index in [0.717, 1.165) is 4.47 Å². The van der Waals surface area contributed by atoms with Gasteiger partial charge in [0.25, 0.3) is 0 Å². The molecular weight excluding hydrogens is 292 g/mol. The lowest BCUT2D eigenvalue weighted by Crippen LogP contribution is -1.82. The topological polar surface area (TPSA) is 0 Å². The minimum atomic E-state index is 1.14. The lowest BCUT2D eigenvalue weighted by Gasteiger charge is -2.08. The fourth-order valence-corrected chi connectivity index (χ4v) is 2.66. The van der Waals surface area contributed by atoms with Gasteiger partial charge in [0, 0.05) is 9.37 Å². The highest BCUT2D eigenvalue weighted by atomic mass is 79.9. The molecule has 0 heterocycles. The van der Waals surface area contributed by atoms with Crippen LogP contribution in [-0.4, -0.2) is 6.26 Å². The second kappa shape index (κ2) is 7.57. The van der Waals surface area contributed by atoms with Crippen LogP contribution in [0.15, 0.2) is 57.9 Å². The summed E-state index contributed by atoms with van der Waals surface area (Å²) in [5.41, 5.74) is 2.54. The zero-order valence-electron chi connectivity index (χ0n) is 10.4. The molecule has 0 aliphatic heterocycles. The summed E-state index contributed by atoms with van der Waals surface area (Å²) in [6.07, 6.45) is 2.11. The van der Waals surface area contributed by atoms with Gasteiger partial charge in [0.05, 0.1) is 0 Å². The Bertz CT molecular complexity index is 466. The number of thioether (sulfide) groups is 1. The summed E-state index contributed by atoms with van der Waals surface area (Å²) in [4.78, 5) is 1.31. The molecule has 2 aromatic rings. The van der Waals surface area contributed by atoms with Crippen LogP contribution in [-0.2, 0) is 0 Å². The van der Waals surface area contributed by atoms with Gasteiger partial charge in [0.2, 0.25) is 0 Å². The molecule has 0 saturated heterocycles. The summed E-state index contributed by atoms with van der Waals surface area (Å²) in [7, 11) is 0. The fourth-order valence-electron chi connectivity index (χ4n) is 1.55. The number of halogens is 1. The van der Waals surface area contributed by atoms with Gasteiger partial charge in [0.15, 0.2) is 0 Å². The minimum Gasteiger partial charge on any atom is -0.129 e. The van der Waals surface area contributed by atoms with Gasteiger partial charge < -0.3 is 0 Å². The molecule has 0 fully saturated rings. The van der Waals surface area contributed by atoms with Crippen molar-refractivity contribution in [3.05, 3.63) is 53.0 Å². The summed E-state index contributed by atoms with van der Waals surface area (Å²) in [6.45, 7) is 4.00. The van der Waals surface area contributed by atoms with E-state index in [-0.39, 0.29) is 0 Å².